The van der Waals surface area contributed by atoms with E-state index in [9.17, 15) is 18.0 Å². The third kappa shape index (κ3) is 5.81. The van der Waals surface area contributed by atoms with Crippen LogP contribution in [-0.4, -0.2) is 65.0 Å². The Balaban J connectivity index is 0.870. The predicted molar refractivity (Wildman–Crippen MR) is 180 cm³/mol. The number of halogens is 3. The second-order valence-corrected chi connectivity index (χ2v) is 12.9. The summed E-state index contributed by atoms with van der Waals surface area (Å²) in [5.74, 6) is -0.536. The Morgan fingerprint density at radius 2 is 1.68 bits per heavy atom. The predicted octanol–water partition coefficient (Wildman–Crippen LogP) is 5.77. The summed E-state index contributed by atoms with van der Waals surface area (Å²) >= 11 is 0. The minimum absolute atomic E-state index is 0.0564. The van der Waals surface area contributed by atoms with E-state index in [-0.39, 0.29) is 29.6 Å². The third-order valence-corrected chi connectivity index (χ3v) is 9.96. The summed E-state index contributed by atoms with van der Waals surface area (Å²) in [6.07, 6.45) is 3.03. The molecule has 1 N–H and O–H groups in total. The molecular formula is C37H34F3N7O3. The second kappa shape index (κ2) is 12.8. The van der Waals surface area contributed by atoms with Gasteiger partial charge in [-0.1, -0.05) is 6.07 Å². The number of carbonyl (C=O) groups excluding carboxylic acids is 1. The van der Waals surface area contributed by atoms with E-state index in [1.54, 1.807) is 23.1 Å². The first kappa shape index (κ1) is 31.8. The normalized spacial score (nSPS) is 22.7. The molecule has 1 aliphatic carbocycles. The van der Waals surface area contributed by atoms with E-state index in [0.717, 1.165) is 49.4 Å². The van der Waals surface area contributed by atoms with Gasteiger partial charge in [-0.3, -0.25) is 4.79 Å². The van der Waals surface area contributed by atoms with E-state index in [0.29, 0.717) is 35.8 Å². The minimum atomic E-state index is -0.958. The van der Waals surface area contributed by atoms with Crippen LogP contribution in [0.1, 0.15) is 27.7 Å². The largest absolute Gasteiger partial charge is 0.491 e. The zero-order valence-electron chi connectivity index (χ0n) is 27.2. The van der Waals surface area contributed by atoms with Crippen LogP contribution in [0.15, 0.2) is 91.5 Å². The van der Waals surface area contributed by atoms with Gasteiger partial charge in [0.15, 0.2) is 0 Å². The Bertz CT molecular complexity index is 2000. The molecule has 1 saturated carbocycles. The van der Waals surface area contributed by atoms with Crippen LogP contribution in [0.3, 0.4) is 0 Å². The van der Waals surface area contributed by atoms with Crippen molar-refractivity contribution in [2.75, 3.05) is 54.5 Å². The lowest BCUT2D eigenvalue weighted by Gasteiger charge is -2.37. The van der Waals surface area contributed by atoms with Gasteiger partial charge >= 0.3 is 0 Å². The zero-order chi connectivity index (χ0) is 34.4. The van der Waals surface area contributed by atoms with Gasteiger partial charge in [0, 0.05) is 66.6 Å². The van der Waals surface area contributed by atoms with Crippen molar-refractivity contribution in [3.63, 3.8) is 0 Å². The fourth-order valence-corrected chi connectivity index (χ4v) is 7.42. The Labute approximate surface area is 286 Å². The average Bonchev–Trinajstić information content (AvgIpc) is 3.40. The van der Waals surface area contributed by atoms with Gasteiger partial charge in [-0.05, 0) is 73.7 Å². The van der Waals surface area contributed by atoms with Crippen LogP contribution in [0.2, 0.25) is 0 Å². The Hall–Kier alpha value is -5.43. The highest BCUT2D eigenvalue weighted by Gasteiger charge is 2.75. The number of carbonyl (C=O) groups is 1. The molecule has 3 aliphatic rings. The Kier molecular flexibility index (Phi) is 8.14. The summed E-state index contributed by atoms with van der Waals surface area (Å²) < 4.78 is 56.2. The molecule has 4 heterocycles. The number of piperazine rings is 1. The van der Waals surface area contributed by atoms with Crippen LogP contribution in [0.5, 0.6) is 5.75 Å². The first-order valence-electron chi connectivity index (χ1n) is 16.5. The van der Waals surface area contributed by atoms with Gasteiger partial charge < -0.3 is 24.6 Å². The summed E-state index contributed by atoms with van der Waals surface area (Å²) in [7, 11) is 0. The fourth-order valence-electron chi connectivity index (χ4n) is 7.42. The van der Waals surface area contributed by atoms with Gasteiger partial charge in [0.1, 0.15) is 47.3 Å². The van der Waals surface area contributed by atoms with Crippen LogP contribution >= 0.6 is 0 Å². The van der Waals surface area contributed by atoms with Crippen molar-refractivity contribution >= 4 is 23.1 Å². The number of pyridine rings is 1. The standard InChI is InChI=1S/C37H34F3N7O3/c1-23-32(49-19-25-20-50-37(30-11-6-27(39)18-31(30)40)34(25)35(37)47-22-41-21-42-47)12-13-33(43-23)46-16-14-45(15-17-46)29-9-2-24(3-10-29)36(48)44-28-7-4-26(38)5-8-28/h2-13,18,21-22,25,34-35H,14-17,19-20H2,1H3,(H,44,48)/t25-,34?,35?,37+/m1/s1. The molecule has 50 heavy (non-hydrogen) atoms. The van der Waals surface area contributed by atoms with E-state index in [4.69, 9.17) is 14.5 Å². The number of rotatable bonds is 9. The maximum atomic E-state index is 15.0. The maximum Gasteiger partial charge on any atom is 0.255 e. The molecule has 0 radical (unpaired) electrons. The number of aryl methyl sites for hydroxylation is 1. The number of nitrogens with one attached hydrogen (secondary N) is 1. The van der Waals surface area contributed by atoms with Gasteiger partial charge in [0.2, 0.25) is 0 Å². The molecule has 13 heteroatoms. The maximum absolute atomic E-state index is 15.0. The molecule has 2 aliphatic heterocycles. The van der Waals surface area contributed by atoms with Crippen LogP contribution in [-0.2, 0) is 10.3 Å². The quantitative estimate of drug-likeness (QED) is 0.210. The minimum Gasteiger partial charge on any atom is -0.491 e. The van der Waals surface area contributed by atoms with E-state index in [1.807, 2.05) is 31.2 Å². The second-order valence-electron chi connectivity index (χ2n) is 12.9. The van der Waals surface area contributed by atoms with Crippen molar-refractivity contribution < 1.29 is 27.4 Å². The first-order valence-corrected chi connectivity index (χ1v) is 16.5. The summed E-state index contributed by atoms with van der Waals surface area (Å²) in [5.41, 5.74) is 2.20. The van der Waals surface area contributed by atoms with Crippen molar-refractivity contribution in [3.8, 4) is 5.75 Å². The van der Waals surface area contributed by atoms with Gasteiger partial charge in [0.25, 0.3) is 5.91 Å². The molecule has 2 unspecified atom stereocenters. The molecule has 3 fully saturated rings. The van der Waals surface area contributed by atoms with Crippen LogP contribution in [0.25, 0.3) is 0 Å². The van der Waals surface area contributed by atoms with Crippen molar-refractivity contribution in [2.45, 2.75) is 18.6 Å². The number of ether oxygens (including phenoxy) is 2. The first-order chi connectivity index (χ1) is 24.3. The summed E-state index contributed by atoms with van der Waals surface area (Å²) in [6.45, 7) is 5.74. The zero-order valence-corrected chi connectivity index (χ0v) is 27.2. The molecule has 5 aromatic rings. The highest BCUT2D eigenvalue weighted by molar-refractivity contribution is 6.04. The highest BCUT2D eigenvalue weighted by Crippen LogP contribution is 2.70. The molecule has 1 amide bonds. The number of aromatic nitrogens is 4. The van der Waals surface area contributed by atoms with Crippen LogP contribution in [0.4, 0.5) is 30.4 Å². The number of benzene rings is 3. The Morgan fingerprint density at radius 1 is 0.940 bits per heavy atom. The third-order valence-electron chi connectivity index (χ3n) is 9.96. The lowest BCUT2D eigenvalue weighted by molar-refractivity contribution is 0.0301. The van der Waals surface area contributed by atoms with E-state index in [2.05, 4.69) is 25.2 Å². The van der Waals surface area contributed by atoms with Gasteiger partial charge in [-0.15, -0.1) is 0 Å². The molecule has 4 atom stereocenters. The van der Waals surface area contributed by atoms with Crippen molar-refractivity contribution in [2.24, 2.45) is 11.8 Å². The average molecular weight is 682 g/mol. The Morgan fingerprint density at radius 3 is 2.38 bits per heavy atom. The SMILES string of the molecule is Cc1nc(N2CCN(c3ccc(C(=O)Nc4ccc(F)cc4)cc3)CC2)ccc1OC[C@@H]1CO[C@@]2(c3ccc(F)cc3F)C1C2n1cncn1. The highest BCUT2D eigenvalue weighted by atomic mass is 19.1. The van der Waals surface area contributed by atoms with Crippen molar-refractivity contribution in [3.05, 3.63) is 126 Å². The summed E-state index contributed by atoms with van der Waals surface area (Å²) in [4.78, 5) is 26.1. The molecule has 256 valence electrons. The monoisotopic (exact) mass is 681 g/mol. The molecule has 2 aromatic heterocycles. The van der Waals surface area contributed by atoms with E-state index >= 15 is 0 Å². The molecule has 8 rings (SSSR count). The summed E-state index contributed by atoms with van der Waals surface area (Å²) in [5, 5.41) is 7.08. The van der Waals surface area contributed by atoms with Crippen molar-refractivity contribution in [1.82, 2.24) is 19.7 Å². The van der Waals surface area contributed by atoms with Gasteiger partial charge in [0.05, 0.1) is 24.9 Å². The molecule has 3 aromatic carbocycles. The topological polar surface area (TPSA) is 97.6 Å². The fraction of sp³-hybridized carbons (Fsp3) is 0.297. The van der Waals surface area contributed by atoms with Gasteiger partial charge in [-0.25, -0.2) is 27.8 Å². The molecule has 10 nitrogen and oxygen atoms in total. The van der Waals surface area contributed by atoms with Crippen molar-refractivity contribution in [1.29, 1.82) is 0 Å². The van der Waals surface area contributed by atoms with Crippen LogP contribution in [0, 0.1) is 36.2 Å². The molecule has 0 bridgehead atoms. The smallest absolute Gasteiger partial charge is 0.255 e. The number of anilines is 3. The van der Waals surface area contributed by atoms with E-state index < -0.39 is 17.2 Å². The lowest BCUT2D eigenvalue weighted by Crippen LogP contribution is -2.46. The number of nitrogens with zero attached hydrogens (tertiary/aromatic N) is 6. The number of hydrogen-bond donors (Lipinski definition) is 1. The summed E-state index contributed by atoms with van der Waals surface area (Å²) in [6, 6.07) is 20.4. The molecule has 2 saturated heterocycles. The number of hydrogen-bond acceptors (Lipinski definition) is 8. The van der Waals surface area contributed by atoms with E-state index in [1.165, 1.54) is 42.7 Å². The molecule has 0 spiro atoms. The number of amides is 1. The van der Waals surface area contributed by atoms with Crippen LogP contribution < -0.4 is 19.9 Å². The number of fused-ring (bicyclic) bond motifs is 1. The molecular weight excluding hydrogens is 647 g/mol. The lowest BCUT2D eigenvalue weighted by atomic mass is 10.0. The van der Waals surface area contributed by atoms with Gasteiger partial charge in [-0.2, -0.15) is 5.10 Å².